The van der Waals surface area contributed by atoms with Gasteiger partial charge in [-0.1, -0.05) is 6.07 Å². The maximum Gasteiger partial charge on any atom is 0.270 e. The molecule has 1 amide bonds. The lowest BCUT2D eigenvalue weighted by Gasteiger charge is -2.28. The van der Waals surface area contributed by atoms with Crippen molar-refractivity contribution in [2.45, 2.75) is 26.8 Å². The lowest BCUT2D eigenvalue weighted by atomic mass is 10.1. The maximum atomic E-state index is 12.8. The van der Waals surface area contributed by atoms with Crippen LogP contribution in [0, 0.1) is 13.8 Å². The minimum Gasteiger partial charge on any atom is -0.495 e. The summed E-state index contributed by atoms with van der Waals surface area (Å²) in [6, 6.07) is 11.0. The fraction of sp³-hybridized carbons (Fsp3) is 0.360. The predicted octanol–water partition coefficient (Wildman–Crippen LogP) is 3.57. The highest BCUT2D eigenvalue weighted by molar-refractivity contribution is 5.92. The van der Waals surface area contributed by atoms with Crippen LogP contribution in [0.2, 0.25) is 0 Å². The van der Waals surface area contributed by atoms with Crippen molar-refractivity contribution < 1.29 is 14.3 Å². The minimum atomic E-state index is -0.362. The van der Waals surface area contributed by atoms with E-state index in [9.17, 15) is 4.79 Å². The topological polar surface area (TPSA) is 102 Å². The quantitative estimate of drug-likeness (QED) is 0.550. The van der Waals surface area contributed by atoms with Crippen LogP contribution < -0.4 is 20.3 Å². The highest BCUT2D eigenvalue weighted by Crippen LogP contribution is 2.24. The van der Waals surface area contributed by atoms with E-state index in [4.69, 9.17) is 19.4 Å². The minimum absolute atomic E-state index is 0.287. The largest absolute Gasteiger partial charge is 0.495 e. The molecule has 0 aliphatic carbocycles. The van der Waals surface area contributed by atoms with E-state index in [0.29, 0.717) is 55.2 Å². The van der Waals surface area contributed by atoms with Crippen molar-refractivity contribution in [1.82, 2.24) is 20.3 Å². The van der Waals surface area contributed by atoms with Crippen molar-refractivity contribution >= 4 is 23.4 Å². The summed E-state index contributed by atoms with van der Waals surface area (Å²) in [6.07, 6.45) is 1.52. The summed E-state index contributed by atoms with van der Waals surface area (Å²) in [5, 5.41) is 6.38. The molecule has 2 aromatic heterocycles. The van der Waals surface area contributed by atoms with E-state index in [0.717, 1.165) is 5.69 Å². The Bertz CT molecular complexity index is 1150. The van der Waals surface area contributed by atoms with Crippen molar-refractivity contribution in [3.8, 4) is 5.75 Å². The second kappa shape index (κ2) is 10.5. The third kappa shape index (κ3) is 5.60. The standard InChI is InChI=1S/C25H30N6O3/c1-16-5-6-19(13-17(16)2)28-23-14-22(29-25(30-23)31-9-11-34-12-10-31)18(3)27-24(32)21-8-7-20(33-4)15-26-21/h5-8,13-15,18H,9-12H2,1-4H3,(H,27,32)(H,28,29,30)/t18-/m0/s1. The average Bonchev–Trinajstić information content (AvgIpc) is 2.86. The van der Waals surface area contributed by atoms with Gasteiger partial charge in [0, 0.05) is 24.8 Å². The number of benzene rings is 1. The lowest BCUT2D eigenvalue weighted by molar-refractivity contribution is 0.0934. The molecule has 9 nitrogen and oxygen atoms in total. The number of morpholine rings is 1. The number of nitrogens with one attached hydrogen (secondary N) is 2. The first kappa shape index (κ1) is 23.4. The van der Waals surface area contributed by atoms with Gasteiger partial charge in [-0.2, -0.15) is 4.98 Å². The van der Waals surface area contributed by atoms with Crippen molar-refractivity contribution in [2.75, 3.05) is 43.6 Å². The van der Waals surface area contributed by atoms with Crippen LogP contribution in [0.4, 0.5) is 17.5 Å². The van der Waals surface area contributed by atoms with Crippen LogP contribution >= 0.6 is 0 Å². The number of aryl methyl sites for hydroxylation is 2. The summed E-state index contributed by atoms with van der Waals surface area (Å²) < 4.78 is 10.6. The number of hydrogen-bond donors (Lipinski definition) is 2. The molecule has 1 saturated heterocycles. The van der Waals surface area contributed by atoms with Crippen molar-refractivity contribution in [3.63, 3.8) is 0 Å². The molecule has 1 atom stereocenters. The van der Waals surface area contributed by atoms with E-state index in [1.807, 2.05) is 19.1 Å². The number of pyridine rings is 1. The van der Waals surface area contributed by atoms with Gasteiger partial charge in [0.2, 0.25) is 5.95 Å². The molecule has 9 heteroatoms. The summed E-state index contributed by atoms with van der Waals surface area (Å²) in [6.45, 7) is 8.74. The molecule has 1 aromatic carbocycles. The van der Waals surface area contributed by atoms with Crippen LogP contribution in [-0.2, 0) is 4.74 Å². The Labute approximate surface area is 199 Å². The molecular weight excluding hydrogens is 432 g/mol. The van der Waals surface area contributed by atoms with Gasteiger partial charge in [0.1, 0.15) is 17.3 Å². The number of carbonyl (C=O) groups excluding carboxylic acids is 1. The van der Waals surface area contributed by atoms with Gasteiger partial charge in [0.05, 0.1) is 38.3 Å². The molecule has 0 saturated carbocycles. The van der Waals surface area contributed by atoms with Crippen molar-refractivity contribution in [2.24, 2.45) is 0 Å². The summed E-state index contributed by atoms with van der Waals surface area (Å²) in [4.78, 5) is 28.5. The molecule has 34 heavy (non-hydrogen) atoms. The molecule has 0 bridgehead atoms. The predicted molar refractivity (Wildman–Crippen MR) is 131 cm³/mol. The van der Waals surface area contributed by atoms with Crippen molar-refractivity contribution in [3.05, 3.63) is 65.1 Å². The Morgan fingerprint density at radius 2 is 1.88 bits per heavy atom. The number of aromatic nitrogens is 3. The van der Waals surface area contributed by atoms with Crippen LogP contribution in [0.5, 0.6) is 5.75 Å². The molecule has 0 unspecified atom stereocenters. The zero-order chi connectivity index (χ0) is 24.1. The molecule has 2 N–H and O–H groups in total. The van der Waals surface area contributed by atoms with Gasteiger partial charge >= 0.3 is 0 Å². The molecule has 1 fully saturated rings. The second-order valence-corrected chi connectivity index (χ2v) is 8.28. The van der Waals surface area contributed by atoms with Gasteiger partial charge in [0.15, 0.2) is 0 Å². The number of amides is 1. The smallest absolute Gasteiger partial charge is 0.270 e. The number of carbonyl (C=O) groups is 1. The van der Waals surface area contributed by atoms with Crippen LogP contribution in [0.3, 0.4) is 0 Å². The highest BCUT2D eigenvalue weighted by atomic mass is 16.5. The van der Waals surface area contributed by atoms with Gasteiger partial charge in [-0.05, 0) is 56.2 Å². The summed E-state index contributed by atoms with van der Waals surface area (Å²) >= 11 is 0. The Morgan fingerprint density at radius 1 is 1.09 bits per heavy atom. The van der Waals surface area contributed by atoms with E-state index in [1.54, 1.807) is 19.2 Å². The van der Waals surface area contributed by atoms with Gasteiger partial charge in [-0.3, -0.25) is 4.79 Å². The molecule has 178 valence electrons. The number of hydrogen-bond acceptors (Lipinski definition) is 8. The van der Waals surface area contributed by atoms with Crippen LogP contribution in [0.25, 0.3) is 0 Å². The number of nitrogens with zero attached hydrogens (tertiary/aromatic N) is 4. The first-order valence-electron chi connectivity index (χ1n) is 11.3. The SMILES string of the molecule is COc1ccc(C(=O)N[C@@H](C)c2cc(Nc3ccc(C)c(C)c3)nc(N3CCOCC3)n2)nc1. The van der Waals surface area contributed by atoms with Crippen LogP contribution in [-0.4, -0.2) is 54.3 Å². The van der Waals surface area contributed by atoms with Gasteiger partial charge in [-0.15, -0.1) is 0 Å². The fourth-order valence-electron chi connectivity index (χ4n) is 3.59. The first-order chi connectivity index (χ1) is 16.4. The normalized spacial score (nSPS) is 14.4. The zero-order valence-corrected chi connectivity index (χ0v) is 20.0. The summed E-state index contributed by atoms with van der Waals surface area (Å²) in [7, 11) is 1.56. The summed E-state index contributed by atoms with van der Waals surface area (Å²) in [5.41, 5.74) is 4.37. The number of rotatable bonds is 7. The van der Waals surface area contributed by atoms with Crippen molar-refractivity contribution in [1.29, 1.82) is 0 Å². The number of ether oxygens (including phenoxy) is 2. The zero-order valence-electron chi connectivity index (χ0n) is 20.0. The Hall–Kier alpha value is -3.72. The highest BCUT2D eigenvalue weighted by Gasteiger charge is 2.20. The molecule has 1 aliphatic rings. The first-order valence-corrected chi connectivity index (χ1v) is 11.3. The van der Waals surface area contributed by atoms with E-state index < -0.39 is 0 Å². The van der Waals surface area contributed by atoms with E-state index in [1.165, 1.54) is 17.3 Å². The maximum absolute atomic E-state index is 12.8. The molecular formula is C25H30N6O3. The Morgan fingerprint density at radius 3 is 2.56 bits per heavy atom. The Balaban J connectivity index is 1.59. The molecule has 3 heterocycles. The fourth-order valence-corrected chi connectivity index (χ4v) is 3.59. The number of anilines is 3. The molecule has 4 rings (SSSR count). The van der Waals surface area contributed by atoms with E-state index >= 15 is 0 Å². The summed E-state index contributed by atoms with van der Waals surface area (Å²) in [5.74, 6) is 1.58. The lowest BCUT2D eigenvalue weighted by Crippen LogP contribution is -2.38. The third-order valence-electron chi connectivity index (χ3n) is 5.80. The second-order valence-electron chi connectivity index (χ2n) is 8.28. The average molecular weight is 463 g/mol. The van der Waals surface area contributed by atoms with Gasteiger partial charge in [-0.25, -0.2) is 9.97 Å². The number of methoxy groups -OCH3 is 1. The molecule has 0 spiro atoms. The molecule has 0 radical (unpaired) electrons. The van der Waals surface area contributed by atoms with Crippen LogP contribution in [0.1, 0.15) is 40.3 Å². The Kier molecular flexibility index (Phi) is 7.22. The molecule has 1 aliphatic heterocycles. The third-order valence-corrected chi connectivity index (χ3v) is 5.80. The van der Waals surface area contributed by atoms with E-state index in [2.05, 4.69) is 46.5 Å². The van der Waals surface area contributed by atoms with E-state index in [-0.39, 0.29) is 11.9 Å². The van der Waals surface area contributed by atoms with Gasteiger partial charge < -0.3 is 25.0 Å². The van der Waals surface area contributed by atoms with Crippen LogP contribution in [0.15, 0.2) is 42.6 Å². The monoisotopic (exact) mass is 462 g/mol. The molecule has 3 aromatic rings. The van der Waals surface area contributed by atoms with Gasteiger partial charge in [0.25, 0.3) is 5.91 Å².